The molecule has 1 unspecified atom stereocenters. The van der Waals surface area contributed by atoms with Gasteiger partial charge in [-0.25, -0.2) is 0 Å². The summed E-state index contributed by atoms with van der Waals surface area (Å²) in [5.41, 5.74) is 6.57. The normalized spacial score (nSPS) is 12.5. The standard InChI is InChI=1S/C11H17NO2/c1-9(7-12)14-11-5-3-4-10(6-11)8-13-2/h3-6,9H,7-8,12H2,1-2H3. The monoisotopic (exact) mass is 195 g/mol. The summed E-state index contributed by atoms with van der Waals surface area (Å²) in [7, 11) is 1.68. The Morgan fingerprint density at radius 1 is 1.43 bits per heavy atom. The second-order valence-corrected chi connectivity index (χ2v) is 3.24. The van der Waals surface area contributed by atoms with Crippen molar-refractivity contribution in [2.24, 2.45) is 5.73 Å². The average molecular weight is 195 g/mol. The molecular weight excluding hydrogens is 178 g/mol. The van der Waals surface area contributed by atoms with Gasteiger partial charge in [-0.1, -0.05) is 12.1 Å². The van der Waals surface area contributed by atoms with Crippen LogP contribution < -0.4 is 10.5 Å². The molecule has 0 fully saturated rings. The predicted octanol–water partition coefficient (Wildman–Crippen LogP) is 1.56. The molecule has 1 rings (SSSR count). The number of benzene rings is 1. The third-order valence-corrected chi connectivity index (χ3v) is 1.88. The molecule has 0 aliphatic carbocycles. The summed E-state index contributed by atoms with van der Waals surface area (Å²) in [6, 6.07) is 7.84. The lowest BCUT2D eigenvalue weighted by Gasteiger charge is -2.12. The number of rotatable bonds is 5. The van der Waals surface area contributed by atoms with E-state index in [-0.39, 0.29) is 6.10 Å². The van der Waals surface area contributed by atoms with Crippen molar-refractivity contribution in [2.75, 3.05) is 13.7 Å². The van der Waals surface area contributed by atoms with Crippen molar-refractivity contribution in [1.82, 2.24) is 0 Å². The first-order chi connectivity index (χ1) is 6.76. The molecule has 0 aliphatic rings. The quantitative estimate of drug-likeness (QED) is 0.775. The fourth-order valence-electron chi connectivity index (χ4n) is 1.16. The molecule has 1 aromatic rings. The highest BCUT2D eigenvalue weighted by atomic mass is 16.5. The van der Waals surface area contributed by atoms with Gasteiger partial charge in [-0.3, -0.25) is 0 Å². The fraction of sp³-hybridized carbons (Fsp3) is 0.455. The first kappa shape index (κ1) is 11.0. The third kappa shape index (κ3) is 3.36. The topological polar surface area (TPSA) is 44.5 Å². The van der Waals surface area contributed by atoms with Crippen LogP contribution in [0, 0.1) is 0 Å². The molecule has 0 saturated carbocycles. The van der Waals surface area contributed by atoms with E-state index in [1.54, 1.807) is 7.11 Å². The van der Waals surface area contributed by atoms with Crippen LogP contribution in [0.3, 0.4) is 0 Å². The zero-order valence-electron chi connectivity index (χ0n) is 8.69. The van der Waals surface area contributed by atoms with E-state index in [0.29, 0.717) is 13.2 Å². The van der Waals surface area contributed by atoms with Crippen molar-refractivity contribution in [3.8, 4) is 5.75 Å². The summed E-state index contributed by atoms with van der Waals surface area (Å²) >= 11 is 0. The van der Waals surface area contributed by atoms with Crippen LogP contribution in [0.5, 0.6) is 5.75 Å². The summed E-state index contributed by atoms with van der Waals surface area (Å²) in [6.07, 6.45) is 0.0489. The lowest BCUT2D eigenvalue weighted by atomic mass is 10.2. The van der Waals surface area contributed by atoms with E-state index in [4.69, 9.17) is 15.2 Å². The van der Waals surface area contributed by atoms with Gasteiger partial charge in [0.1, 0.15) is 11.9 Å². The van der Waals surface area contributed by atoms with E-state index in [9.17, 15) is 0 Å². The maximum Gasteiger partial charge on any atom is 0.120 e. The molecule has 78 valence electrons. The summed E-state index contributed by atoms with van der Waals surface area (Å²) in [4.78, 5) is 0. The molecule has 2 N–H and O–H groups in total. The van der Waals surface area contributed by atoms with E-state index in [1.165, 1.54) is 0 Å². The number of nitrogens with two attached hydrogens (primary N) is 1. The van der Waals surface area contributed by atoms with Crippen LogP contribution in [0.15, 0.2) is 24.3 Å². The molecule has 14 heavy (non-hydrogen) atoms. The molecule has 3 heteroatoms. The van der Waals surface area contributed by atoms with Gasteiger partial charge in [0.15, 0.2) is 0 Å². The first-order valence-electron chi connectivity index (χ1n) is 4.71. The minimum Gasteiger partial charge on any atom is -0.489 e. The summed E-state index contributed by atoms with van der Waals surface area (Å²) < 4.78 is 10.6. The third-order valence-electron chi connectivity index (χ3n) is 1.88. The molecule has 3 nitrogen and oxygen atoms in total. The molecule has 0 spiro atoms. The van der Waals surface area contributed by atoms with Crippen molar-refractivity contribution in [1.29, 1.82) is 0 Å². The second kappa shape index (κ2) is 5.62. The van der Waals surface area contributed by atoms with Crippen molar-refractivity contribution in [2.45, 2.75) is 19.6 Å². The highest BCUT2D eigenvalue weighted by Gasteiger charge is 2.01. The van der Waals surface area contributed by atoms with Gasteiger partial charge in [-0.15, -0.1) is 0 Å². The van der Waals surface area contributed by atoms with Gasteiger partial charge in [0.25, 0.3) is 0 Å². The Hall–Kier alpha value is -1.06. The van der Waals surface area contributed by atoms with E-state index >= 15 is 0 Å². The zero-order valence-corrected chi connectivity index (χ0v) is 8.69. The van der Waals surface area contributed by atoms with Crippen molar-refractivity contribution in [3.05, 3.63) is 29.8 Å². The average Bonchev–Trinajstić information content (AvgIpc) is 2.19. The molecule has 0 radical (unpaired) electrons. The minimum atomic E-state index is 0.0489. The fourth-order valence-corrected chi connectivity index (χ4v) is 1.16. The van der Waals surface area contributed by atoms with E-state index in [0.717, 1.165) is 11.3 Å². The molecule has 0 saturated heterocycles. The Morgan fingerprint density at radius 3 is 2.86 bits per heavy atom. The van der Waals surface area contributed by atoms with Gasteiger partial charge in [0.05, 0.1) is 6.61 Å². The van der Waals surface area contributed by atoms with Crippen LogP contribution in [0.4, 0.5) is 0 Å². The van der Waals surface area contributed by atoms with E-state index in [1.807, 2.05) is 31.2 Å². The maximum absolute atomic E-state index is 5.57. The molecule has 1 atom stereocenters. The molecular formula is C11H17NO2. The van der Waals surface area contributed by atoms with E-state index < -0.39 is 0 Å². The summed E-state index contributed by atoms with van der Waals surface area (Å²) in [5.74, 6) is 0.845. The summed E-state index contributed by atoms with van der Waals surface area (Å²) in [5, 5.41) is 0. The highest BCUT2D eigenvalue weighted by molar-refractivity contribution is 5.28. The number of methoxy groups -OCH3 is 1. The second-order valence-electron chi connectivity index (χ2n) is 3.24. The number of hydrogen-bond acceptors (Lipinski definition) is 3. The van der Waals surface area contributed by atoms with Crippen LogP contribution in [0.1, 0.15) is 12.5 Å². The molecule has 0 aromatic heterocycles. The van der Waals surface area contributed by atoms with Gasteiger partial charge in [0, 0.05) is 13.7 Å². The van der Waals surface area contributed by atoms with Crippen LogP contribution >= 0.6 is 0 Å². The Bertz CT molecular complexity index is 276. The van der Waals surface area contributed by atoms with E-state index in [2.05, 4.69) is 0 Å². The SMILES string of the molecule is COCc1cccc(OC(C)CN)c1. The lowest BCUT2D eigenvalue weighted by Crippen LogP contribution is -2.22. The molecule has 0 aliphatic heterocycles. The van der Waals surface area contributed by atoms with Crippen molar-refractivity contribution >= 4 is 0 Å². The Morgan fingerprint density at radius 2 is 2.21 bits per heavy atom. The Labute approximate surface area is 84.8 Å². The van der Waals surface area contributed by atoms with Gasteiger partial charge in [0.2, 0.25) is 0 Å². The Balaban J connectivity index is 2.63. The minimum absolute atomic E-state index is 0.0489. The molecule has 0 amide bonds. The zero-order chi connectivity index (χ0) is 10.4. The molecule has 0 heterocycles. The first-order valence-corrected chi connectivity index (χ1v) is 4.71. The molecule has 0 bridgehead atoms. The van der Waals surface area contributed by atoms with Crippen LogP contribution in [0.2, 0.25) is 0 Å². The summed E-state index contributed by atoms with van der Waals surface area (Å²) in [6.45, 7) is 3.08. The number of hydrogen-bond donors (Lipinski definition) is 1. The number of ether oxygens (including phenoxy) is 2. The van der Waals surface area contributed by atoms with Crippen LogP contribution in [-0.4, -0.2) is 19.8 Å². The van der Waals surface area contributed by atoms with Crippen molar-refractivity contribution < 1.29 is 9.47 Å². The highest BCUT2D eigenvalue weighted by Crippen LogP contribution is 2.15. The smallest absolute Gasteiger partial charge is 0.120 e. The van der Waals surface area contributed by atoms with Gasteiger partial charge >= 0.3 is 0 Å². The largest absolute Gasteiger partial charge is 0.489 e. The van der Waals surface area contributed by atoms with Crippen molar-refractivity contribution in [3.63, 3.8) is 0 Å². The van der Waals surface area contributed by atoms with Gasteiger partial charge in [-0.05, 0) is 24.6 Å². The van der Waals surface area contributed by atoms with Gasteiger partial charge < -0.3 is 15.2 Å². The van der Waals surface area contributed by atoms with Crippen LogP contribution in [0.25, 0.3) is 0 Å². The van der Waals surface area contributed by atoms with Crippen LogP contribution in [-0.2, 0) is 11.3 Å². The maximum atomic E-state index is 5.57. The lowest BCUT2D eigenvalue weighted by molar-refractivity contribution is 0.183. The Kier molecular flexibility index (Phi) is 4.43. The van der Waals surface area contributed by atoms with Gasteiger partial charge in [-0.2, -0.15) is 0 Å². The predicted molar refractivity (Wildman–Crippen MR) is 56.3 cm³/mol. The molecule has 1 aromatic carbocycles.